The van der Waals surface area contributed by atoms with E-state index < -0.39 is 5.60 Å². The molecule has 6 nitrogen and oxygen atoms in total. The van der Waals surface area contributed by atoms with Crippen molar-refractivity contribution in [2.75, 3.05) is 40.4 Å². The van der Waals surface area contributed by atoms with Crippen LogP contribution in [0.3, 0.4) is 0 Å². The summed E-state index contributed by atoms with van der Waals surface area (Å²) < 4.78 is 10.5. The summed E-state index contributed by atoms with van der Waals surface area (Å²) in [5.41, 5.74) is -0.451. The van der Waals surface area contributed by atoms with Gasteiger partial charge < -0.3 is 25.0 Å². The normalized spacial score (nSPS) is 13.4. The molecular formula is C18H39N3O3. The molecule has 0 aromatic heterocycles. The van der Waals surface area contributed by atoms with Gasteiger partial charge in [0.05, 0.1) is 6.61 Å². The number of carbonyl (C=O) groups excluding carboxylic acids is 1. The Morgan fingerprint density at radius 1 is 1.17 bits per heavy atom. The Bertz CT molecular complexity index is 330. The van der Waals surface area contributed by atoms with Crippen molar-refractivity contribution in [3.8, 4) is 0 Å². The van der Waals surface area contributed by atoms with E-state index in [1.807, 2.05) is 20.8 Å². The van der Waals surface area contributed by atoms with Crippen LogP contribution in [-0.2, 0) is 9.47 Å². The SMILES string of the molecule is COCC(CCCNC(=O)OC(C)(C)C)NCCCN(C)C(C)C. The number of rotatable bonds is 12. The topological polar surface area (TPSA) is 62.8 Å². The van der Waals surface area contributed by atoms with Gasteiger partial charge in [0.1, 0.15) is 5.60 Å². The van der Waals surface area contributed by atoms with Gasteiger partial charge in [0.15, 0.2) is 0 Å². The zero-order valence-electron chi connectivity index (χ0n) is 16.8. The largest absolute Gasteiger partial charge is 0.444 e. The second kappa shape index (κ2) is 12.5. The summed E-state index contributed by atoms with van der Waals surface area (Å²) in [6.45, 7) is 13.4. The first-order valence-electron chi connectivity index (χ1n) is 9.05. The number of hydrogen-bond acceptors (Lipinski definition) is 5. The van der Waals surface area contributed by atoms with Crippen LogP contribution in [0.4, 0.5) is 4.79 Å². The molecule has 0 aromatic carbocycles. The van der Waals surface area contributed by atoms with Crippen molar-refractivity contribution in [2.45, 2.75) is 71.6 Å². The third kappa shape index (κ3) is 13.6. The maximum Gasteiger partial charge on any atom is 0.407 e. The number of amides is 1. The van der Waals surface area contributed by atoms with Crippen LogP contribution in [0.2, 0.25) is 0 Å². The third-order valence-corrected chi connectivity index (χ3v) is 3.77. The van der Waals surface area contributed by atoms with Gasteiger partial charge in [-0.05, 0) is 74.0 Å². The van der Waals surface area contributed by atoms with E-state index in [2.05, 4.69) is 36.4 Å². The minimum atomic E-state index is -0.451. The molecule has 0 heterocycles. The van der Waals surface area contributed by atoms with E-state index in [4.69, 9.17) is 9.47 Å². The summed E-state index contributed by atoms with van der Waals surface area (Å²) in [6, 6.07) is 0.901. The van der Waals surface area contributed by atoms with Crippen LogP contribution in [0, 0.1) is 0 Å². The second-order valence-corrected chi connectivity index (χ2v) is 7.61. The molecule has 0 saturated heterocycles. The summed E-state index contributed by atoms with van der Waals surface area (Å²) >= 11 is 0. The van der Waals surface area contributed by atoms with E-state index in [0.717, 1.165) is 32.4 Å². The first-order chi connectivity index (χ1) is 11.2. The van der Waals surface area contributed by atoms with E-state index >= 15 is 0 Å². The summed E-state index contributed by atoms with van der Waals surface area (Å²) in [5.74, 6) is 0. The van der Waals surface area contributed by atoms with Gasteiger partial charge in [-0.15, -0.1) is 0 Å². The first-order valence-corrected chi connectivity index (χ1v) is 9.05. The van der Waals surface area contributed by atoms with E-state index in [1.165, 1.54) is 0 Å². The van der Waals surface area contributed by atoms with Gasteiger partial charge in [-0.25, -0.2) is 4.79 Å². The van der Waals surface area contributed by atoms with Crippen molar-refractivity contribution in [3.63, 3.8) is 0 Å². The zero-order valence-corrected chi connectivity index (χ0v) is 16.8. The van der Waals surface area contributed by atoms with E-state index in [0.29, 0.717) is 25.2 Å². The molecule has 0 aliphatic heterocycles. The van der Waals surface area contributed by atoms with Crippen LogP contribution < -0.4 is 10.6 Å². The highest BCUT2D eigenvalue weighted by molar-refractivity contribution is 5.67. The number of nitrogens with zero attached hydrogens (tertiary/aromatic N) is 1. The van der Waals surface area contributed by atoms with Crippen LogP contribution in [0.25, 0.3) is 0 Å². The van der Waals surface area contributed by atoms with Crippen LogP contribution in [0.1, 0.15) is 53.9 Å². The van der Waals surface area contributed by atoms with E-state index in [1.54, 1.807) is 7.11 Å². The molecule has 144 valence electrons. The Morgan fingerprint density at radius 2 is 1.83 bits per heavy atom. The predicted octanol–water partition coefficient (Wildman–Crippen LogP) is 2.63. The highest BCUT2D eigenvalue weighted by Crippen LogP contribution is 2.06. The number of alkyl carbamates (subject to hydrolysis) is 1. The van der Waals surface area contributed by atoms with Crippen LogP contribution in [0.5, 0.6) is 0 Å². The minimum Gasteiger partial charge on any atom is -0.444 e. The van der Waals surface area contributed by atoms with Gasteiger partial charge >= 0.3 is 6.09 Å². The fourth-order valence-electron chi connectivity index (χ4n) is 2.19. The average Bonchev–Trinajstić information content (AvgIpc) is 2.45. The molecule has 0 bridgehead atoms. The van der Waals surface area contributed by atoms with Crippen molar-refractivity contribution in [1.82, 2.24) is 15.5 Å². The fraction of sp³-hybridized carbons (Fsp3) is 0.944. The Labute approximate surface area is 148 Å². The molecule has 0 spiro atoms. The molecule has 1 unspecified atom stereocenters. The Morgan fingerprint density at radius 3 is 2.38 bits per heavy atom. The molecule has 0 saturated carbocycles. The van der Waals surface area contributed by atoms with Gasteiger partial charge in [0.25, 0.3) is 0 Å². The summed E-state index contributed by atoms with van der Waals surface area (Å²) in [7, 11) is 3.87. The van der Waals surface area contributed by atoms with Crippen LogP contribution >= 0.6 is 0 Å². The standard InChI is InChI=1S/C18H39N3O3/c1-15(2)21(6)13-9-12-19-16(14-23-7)10-8-11-20-17(22)24-18(3,4)5/h15-16,19H,8-14H2,1-7H3,(H,20,22). The first kappa shape index (κ1) is 23.1. The Hall–Kier alpha value is -0.850. The van der Waals surface area contributed by atoms with Crippen molar-refractivity contribution >= 4 is 6.09 Å². The van der Waals surface area contributed by atoms with E-state index in [-0.39, 0.29) is 6.09 Å². The zero-order chi connectivity index (χ0) is 18.6. The smallest absolute Gasteiger partial charge is 0.407 e. The lowest BCUT2D eigenvalue weighted by molar-refractivity contribution is 0.0526. The summed E-state index contributed by atoms with van der Waals surface area (Å²) in [4.78, 5) is 13.9. The van der Waals surface area contributed by atoms with Crippen LogP contribution in [-0.4, -0.2) is 69.1 Å². The minimum absolute atomic E-state index is 0.319. The van der Waals surface area contributed by atoms with E-state index in [9.17, 15) is 4.79 Å². The van der Waals surface area contributed by atoms with Gasteiger partial charge in [0.2, 0.25) is 0 Å². The Balaban J connectivity index is 3.86. The molecule has 0 aromatic rings. The average molecular weight is 346 g/mol. The number of methoxy groups -OCH3 is 1. The molecule has 24 heavy (non-hydrogen) atoms. The maximum absolute atomic E-state index is 11.6. The number of hydrogen-bond donors (Lipinski definition) is 2. The van der Waals surface area contributed by atoms with Gasteiger partial charge in [-0.3, -0.25) is 0 Å². The molecule has 0 radical (unpaired) electrons. The Kier molecular flexibility index (Phi) is 12.1. The molecule has 0 fully saturated rings. The monoisotopic (exact) mass is 345 g/mol. The molecule has 1 atom stereocenters. The highest BCUT2D eigenvalue weighted by Gasteiger charge is 2.15. The highest BCUT2D eigenvalue weighted by atomic mass is 16.6. The van der Waals surface area contributed by atoms with Gasteiger partial charge in [-0.1, -0.05) is 0 Å². The molecule has 0 aliphatic carbocycles. The molecule has 0 rings (SSSR count). The predicted molar refractivity (Wildman–Crippen MR) is 99.5 cm³/mol. The summed E-state index contributed by atoms with van der Waals surface area (Å²) in [5, 5.41) is 6.34. The maximum atomic E-state index is 11.6. The molecule has 6 heteroatoms. The van der Waals surface area contributed by atoms with Gasteiger partial charge in [0, 0.05) is 25.7 Å². The molecule has 1 amide bonds. The quantitative estimate of drug-likeness (QED) is 0.532. The molecular weight excluding hydrogens is 306 g/mol. The fourth-order valence-corrected chi connectivity index (χ4v) is 2.19. The van der Waals surface area contributed by atoms with Crippen molar-refractivity contribution in [3.05, 3.63) is 0 Å². The van der Waals surface area contributed by atoms with Crippen LogP contribution in [0.15, 0.2) is 0 Å². The third-order valence-electron chi connectivity index (χ3n) is 3.77. The lowest BCUT2D eigenvalue weighted by Crippen LogP contribution is -2.37. The molecule has 0 aliphatic rings. The van der Waals surface area contributed by atoms with Crippen molar-refractivity contribution in [1.29, 1.82) is 0 Å². The number of carbonyl (C=O) groups is 1. The van der Waals surface area contributed by atoms with Gasteiger partial charge in [-0.2, -0.15) is 0 Å². The molecule has 2 N–H and O–H groups in total. The second-order valence-electron chi connectivity index (χ2n) is 7.61. The number of ether oxygens (including phenoxy) is 2. The lowest BCUT2D eigenvalue weighted by Gasteiger charge is -2.22. The lowest BCUT2D eigenvalue weighted by atomic mass is 10.1. The summed E-state index contributed by atoms with van der Waals surface area (Å²) in [6.07, 6.45) is 2.62. The van der Waals surface area contributed by atoms with Crippen molar-refractivity contribution < 1.29 is 14.3 Å². The number of nitrogens with one attached hydrogen (secondary N) is 2. The van der Waals surface area contributed by atoms with Crippen molar-refractivity contribution in [2.24, 2.45) is 0 Å².